The molecule has 4 rings (SSSR count). The van der Waals surface area contributed by atoms with E-state index in [4.69, 9.17) is 16.2 Å². The summed E-state index contributed by atoms with van der Waals surface area (Å²) in [7, 11) is 1.64. The lowest BCUT2D eigenvalue weighted by molar-refractivity contribution is 0.0994. The predicted molar refractivity (Wildman–Crippen MR) is 106 cm³/mol. The molecule has 7 nitrogen and oxygen atoms in total. The first-order chi connectivity index (χ1) is 12.9. The van der Waals surface area contributed by atoms with Crippen LogP contribution in [0.3, 0.4) is 0 Å². The first-order valence-corrected chi connectivity index (χ1v) is 8.74. The monoisotopic (exact) mass is 365 g/mol. The molecular weight excluding hydrogens is 342 g/mol. The molecule has 140 valence electrons. The second-order valence-electron chi connectivity index (χ2n) is 6.90. The molecule has 1 amide bonds. The number of nitrogens with two attached hydrogens (primary N) is 2. The second-order valence-corrected chi connectivity index (χ2v) is 6.90. The number of anilines is 1. The van der Waals surface area contributed by atoms with Crippen LogP contribution in [0.25, 0.3) is 17.3 Å². The zero-order valence-corrected chi connectivity index (χ0v) is 15.8. The Labute approximate surface area is 157 Å². The zero-order valence-electron chi connectivity index (χ0n) is 15.8. The largest absolute Gasteiger partial charge is 0.496 e. The van der Waals surface area contributed by atoms with E-state index >= 15 is 0 Å². The molecule has 1 aromatic heterocycles. The minimum Gasteiger partial charge on any atom is -0.496 e. The number of fused-ring (bicyclic) bond motifs is 3. The Balaban J connectivity index is 2.11. The van der Waals surface area contributed by atoms with Crippen molar-refractivity contribution < 1.29 is 9.53 Å². The molecule has 0 saturated heterocycles. The summed E-state index contributed by atoms with van der Waals surface area (Å²) in [5.41, 5.74) is 18.6. The second kappa shape index (κ2) is 5.84. The van der Waals surface area contributed by atoms with Gasteiger partial charge in [-0.15, -0.1) is 0 Å². The summed E-state index contributed by atoms with van der Waals surface area (Å²) in [5, 5.41) is 3.35. The van der Waals surface area contributed by atoms with Gasteiger partial charge in [0.25, 0.3) is 5.91 Å². The van der Waals surface area contributed by atoms with Crippen LogP contribution < -0.4 is 21.5 Å². The summed E-state index contributed by atoms with van der Waals surface area (Å²) in [4.78, 5) is 14.4. The SMILES string of the molecule is COc1ccc(C)c(-c2c(N)c(C(N)=O)n3c2C2NC=CN2C(C)=C3)c1C. The number of amides is 1. The number of carbonyl (C=O) groups excluding carboxylic acids is 1. The van der Waals surface area contributed by atoms with Crippen LogP contribution in [0.5, 0.6) is 5.75 Å². The number of allylic oxidation sites excluding steroid dienone is 1. The van der Waals surface area contributed by atoms with Crippen LogP contribution in [0.2, 0.25) is 0 Å². The maximum absolute atomic E-state index is 12.2. The van der Waals surface area contributed by atoms with E-state index < -0.39 is 5.91 Å². The number of methoxy groups -OCH3 is 1. The van der Waals surface area contributed by atoms with Crippen molar-refractivity contribution in [1.82, 2.24) is 14.8 Å². The lowest BCUT2D eigenvalue weighted by atomic mass is 9.92. The summed E-state index contributed by atoms with van der Waals surface area (Å²) in [6.07, 6.45) is 5.60. The number of primary amides is 1. The average Bonchev–Trinajstić information content (AvgIpc) is 3.19. The topological polar surface area (TPSA) is 98.5 Å². The van der Waals surface area contributed by atoms with Gasteiger partial charge in [-0.2, -0.15) is 0 Å². The molecule has 0 bridgehead atoms. The Morgan fingerprint density at radius 3 is 2.63 bits per heavy atom. The highest BCUT2D eigenvalue weighted by Crippen LogP contribution is 2.47. The number of nitrogens with zero attached hydrogens (tertiary/aromatic N) is 2. The molecule has 0 fully saturated rings. The van der Waals surface area contributed by atoms with Gasteiger partial charge in [0.15, 0.2) is 0 Å². The standard InChI is InChI=1S/C20H23N5O2/c1-10-5-6-13(27-4)12(3)14(10)15-16(21)18(19(22)26)25-9-11(2)24-8-7-23-20(24)17(15)25/h5-9,20,23H,21H2,1-4H3,(H2,22,26). The molecule has 2 aliphatic heterocycles. The number of benzene rings is 1. The summed E-state index contributed by atoms with van der Waals surface area (Å²) in [6.45, 7) is 6.00. The minimum atomic E-state index is -0.554. The maximum atomic E-state index is 12.2. The number of aryl methyl sites for hydroxylation is 1. The number of nitrogen functional groups attached to an aromatic ring is 1. The van der Waals surface area contributed by atoms with Crippen molar-refractivity contribution in [3.8, 4) is 16.9 Å². The fraction of sp³-hybridized carbons (Fsp3) is 0.250. The smallest absolute Gasteiger partial charge is 0.267 e. The molecule has 0 spiro atoms. The van der Waals surface area contributed by atoms with E-state index in [2.05, 4.69) is 10.2 Å². The molecule has 3 heterocycles. The molecule has 0 aliphatic carbocycles. The summed E-state index contributed by atoms with van der Waals surface area (Å²) < 4.78 is 7.34. The molecule has 0 saturated carbocycles. The van der Waals surface area contributed by atoms with Gasteiger partial charge in [0.05, 0.1) is 18.5 Å². The highest BCUT2D eigenvalue weighted by molar-refractivity contribution is 6.03. The number of carbonyl (C=O) groups is 1. The van der Waals surface area contributed by atoms with Gasteiger partial charge in [-0.1, -0.05) is 6.07 Å². The molecule has 0 radical (unpaired) electrons. The van der Waals surface area contributed by atoms with Crippen molar-refractivity contribution in [3.63, 3.8) is 0 Å². The van der Waals surface area contributed by atoms with Crippen LogP contribution in [0, 0.1) is 13.8 Å². The lowest BCUT2D eigenvalue weighted by Crippen LogP contribution is -2.32. The third-order valence-corrected chi connectivity index (χ3v) is 5.36. The first kappa shape index (κ1) is 17.1. The highest BCUT2D eigenvalue weighted by Gasteiger charge is 2.37. The van der Waals surface area contributed by atoms with Crippen LogP contribution in [0.15, 0.2) is 30.2 Å². The van der Waals surface area contributed by atoms with E-state index in [9.17, 15) is 4.79 Å². The fourth-order valence-electron chi connectivity index (χ4n) is 4.14. The van der Waals surface area contributed by atoms with Gasteiger partial charge in [-0.3, -0.25) is 4.79 Å². The average molecular weight is 365 g/mol. The van der Waals surface area contributed by atoms with Crippen molar-refractivity contribution in [1.29, 1.82) is 0 Å². The van der Waals surface area contributed by atoms with E-state index in [1.54, 1.807) is 7.11 Å². The summed E-state index contributed by atoms with van der Waals surface area (Å²) in [5.74, 6) is 0.217. The number of rotatable bonds is 3. The normalized spacial score (nSPS) is 17.3. The van der Waals surface area contributed by atoms with Gasteiger partial charge in [-0.25, -0.2) is 0 Å². The third-order valence-electron chi connectivity index (χ3n) is 5.36. The Kier molecular flexibility index (Phi) is 3.69. The molecular formula is C20H23N5O2. The van der Waals surface area contributed by atoms with Gasteiger partial charge in [0.1, 0.15) is 17.6 Å². The van der Waals surface area contributed by atoms with E-state index in [0.717, 1.165) is 39.4 Å². The van der Waals surface area contributed by atoms with Gasteiger partial charge in [0, 0.05) is 29.9 Å². The van der Waals surface area contributed by atoms with Crippen molar-refractivity contribution in [3.05, 3.63) is 52.7 Å². The fourth-order valence-corrected chi connectivity index (χ4v) is 4.14. The Morgan fingerprint density at radius 1 is 1.22 bits per heavy atom. The van der Waals surface area contributed by atoms with Gasteiger partial charge in [-0.05, 0) is 43.5 Å². The molecule has 1 unspecified atom stereocenters. The molecule has 7 heteroatoms. The van der Waals surface area contributed by atoms with E-state index in [1.165, 1.54) is 0 Å². The van der Waals surface area contributed by atoms with Gasteiger partial charge >= 0.3 is 0 Å². The van der Waals surface area contributed by atoms with Crippen LogP contribution in [-0.4, -0.2) is 22.5 Å². The Bertz CT molecular complexity index is 1030. The number of nitrogens with one attached hydrogen (secondary N) is 1. The van der Waals surface area contributed by atoms with Gasteiger partial charge < -0.3 is 31.0 Å². The van der Waals surface area contributed by atoms with Crippen LogP contribution >= 0.6 is 0 Å². The zero-order chi connectivity index (χ0) is 19.5. The minimum absolute atomic E-state index is 0.162. The summed E-state index contributed by atoms with van der Waals surface area (Å²) >= 11 is 0. The molecule has 2 aliphatic rings. The molecule has 1 atom stereocenters. The van der Waals surface area contributed by atoms with E-state index in [0.29, 0.717) is 11.4 Å². The number of hydrogen-bond donors (Lipinski definition) is 3. The van der Waals surface area contributed by atoms with Crippen LogP contribution in [0.1, 0.15) is 40.4 Å². The van der Waals surface area contributed by atoms with Crippen molar-refractivity contribution in [2.24, 2.45) is 5.73 Å². The quantitative estimate of drug-likeness (QED) is 0.777. The highest BCUT2D eigenvalue weighted by atomic mass is 16.5. The van der Waals surface area contributed by atoms with Gasteiger partial charge in [0.2, 0.25) is 0 Å². The third kappa shape index (κ3) is 2.24. The van der Waals surface area contributed by atoms with E-state index in [1.807, 2.05) is 56.1 Å². The molecule has 5 N–H and O–H groups in total. The lowest BCUT2D eigenvalue weighted by Gasteiger charge is -2.32. The molecule has 1 aromatic carbocycles. The van der Waals surface area contributed by atoms with Crippen molar-refractivity contribution >= 4 is 17.8 Å². The van der Waals surface area contributed by atoms with Crippen LogP contribution in [-0.2, 0) is 0 Å². The summed E-state index contributed by atoms with van der Waals surface area (Å²) in [6, 6.07) is 3.93. The number of aromatic nitrogens is 1. The van der Waals surface area contributed by atoms with Crippen LogP contribution in [0.4, 0.5) is 5.69 Å². The maximum Gasteiger partial charge on any atom is 0.267 e. The number of ether oxygens (including phenoxy) is 1. The first-order valence-electron chi connectivity index (χ1n) is 8.74. The Hall–Kier alpha value is -3.35. The number of hydrogen-bond acceptors (Lipinski definition) is 5. The van der Waals surface area contributed by atoms with Crippen molar-refractivity contribution in [2.45, 2.75) is 26.9 Å². The van der Waals surface area contributed by atoms with Crippen molar-refractivity contribution in [2.75, 3.05) is 12.8 Å². The molecule has 27 heavy (non-hydrogen) atoms. The molecule has 2 aromatic rings. The Morgan fingerprint density at radius 2 is 1.96 bits per heavy atom. The van der Waals surface area contributed by atoms with E-state index in [-0.39, 0.29) is 6.17 Å². The predicted octanol–water partition coefficient (Wildman–Crippen LogP) is 2.67.